The number of amides is 1. The van der Waals surface area contributed by atoms with E-state index in [1.807, 2.05) is 6.92 Å². The van der Waals surface area contributed by atoms with Gasteiger partial charge >= 0.3 is 0 Å². The summed E-state index contributed by atoms with van der Waals surface area (Å²) in [5.41, 5.74) is 0.800. The maximum Gasteiger partial charge on any atom is 0.228 e. The van der Waals surface area contributed by atoms with E-state index < -0.39 is 0 Å². The molecule has 2 unspecified atom stereocenters. The number of nitrogens with zero attached hydrogens (tertiary/aromatic N) is 2. The second kappa shape index (κ2) is 5.29. The molecule has 2 heterocycles. The number of nitrogens with one attached hydrogen (secondary N) is 1. The fourth-order valence-electron chi connectivity index (χ4n) is 1.92. The molecule has 6 heteroatoms. The van der Waals surface area contributed by atoms with Crippen molar-refractivity contribution in [2.75, 3.05) is 19.8 Å². The van der Waals surface area contributed by atoms with Crippen molar-refractivity contribution in [2.45, 2.75) is 25.5 Å². The van der Waals surface area contributed by atoms with E-state index in [2.05, 4.69) is 10.2 Å². The van der Waals surface area contributed by atoms with Crippen molar-refractivity contribution in [2.24, 2.45) is 0 Å². The van der Waals surface area contributed by atoms with Crippen molar-refractivity contribution in [3.8, 4) is 0 Å². The van der Waals surface area contributed by atoms with Gasteiger partial charge in [0.2, 0.25) is 5.91 Å². The van der Waals surface area contributed by atoms with Crippen LogP contribution in [0, 0.1) is 0 Å². The molecular weight excluding hydrogens is 222 g/mol. The molecule has 2 atom stereocenters. The molecule has 0 aromatic carbocycles. The van der Waals surface area contributed by atoms with Gasteiger partial charge in [-0.1, -0.05) is 0 Å². The highest BCUT2D eigenvalue weighted by atomic mass is 16.5. The number of morpholine rings is 1. The average Bonchev–Trinajstić information content (AvgIpc) is 2.82. The van der Waals surface area contributed by atoms with Crippen LogP contribution in [0.25, 0.3) is 0 Å². The fraction of sp³-hybridized carbons (Fsp3) is 0.636. The van der Waals surface area contributed by atoms with E-state index in [1.54, 1.807) is 17.2 Å². The zero-order valence-electron chi connectivity index (χ0n) is 9.80. The fourth-order valence-corrected chi connectivity index (χ4v) is 1.92. The van der Waals surface area contributed by atoms with Gasteiger partial charge in [0, 0.05) is 18.4 Å². The van der Waals surface area contributed by atoms with Crippen molar-refractivity contribution in [1.82, 2.24) is 15.1 Å². The van der Waals surface area contributed by atoms with Crippen LogP contribution in [0.4, 0.5) is 0 Å². The molecule has 0 bridgehead atoms. The summed E-state index contributed by atoms with van der Waals surface area (Å²) in [5, 5.41) is 15.6. The van der Waals surface area contributed by atoms with E-state index in [0.717, 1.165) is 5.69 Å². The van der Waals surface area contributed by atoms with Crippen molar-refractivity contribution < 1.29 is 14.6 Å². The Kier molecular flexibility index (Phi) is 3.75. The topological polar surface area (TPSA) is 78.5 Å². The molecule has 0 spiro atoms. The van der Waals surface area contributed by atoms with Crippen LogP contribution in [0.5, 0.6) is 0 Å². The van der Waals surface area contributed by atoms with Gasteiger partial charge in [-0.15, -0.1) is 0 Å². The Morgan fingerprint density at radius 2 is 2.59 bits per heavy atom. The molecule has 0 radical (unpaired) electrons. The van der Waals surface area contributed by atoms with Gasteiger partial charge in [-0.3, -0.25) is 9.89 Å². The quantitative estimate of drug-likeness (QED) is 0.749. The highest BCUT2D eigenvalue weighted by Gasteiger charge is 2.29. The smallest absolute Gasteiger partial charge is 0.228 e. The summed E-state index contributed by atoms with van der Waals surface area (Å²) in [6.45, 7) is 2.81. The van der Waals surface area contributed by atoms with Gasteiger partial charge in [-0.2, -0.15) is 5.10 Å². The lowest BCUT2D eigenvalue weighted by Gasteiger charge is -2.37. The van der Waals surface area contributed by atoms with Crippen LogP contribution in [0.1, 0.15) is 12.6 Å². The molecule has 1 fully saturated rings. The Hall–Kier alpha value is -1.40. The van der Waals surface area contributed by atoms with Crippen LogP contribution in [-0.4, -0.2) is 58.0 Å². The van der Waals surface area contributed by atoms with Crippen molar-refractivity contribution in [3.05, 3.63) is 18.0 Å². The van der Waals surface area contributed by atoms with Crippen molar-refractivity contribution in [1.29, 1.82) is 0 Å². The third-order valence-electron chi connectivity index (χ3n) is 2.93. The number of hydrogen-bond donors (Lipinski definition) is 2. The van der Waals surface area contributed by atoms with Crippen LogP contribution >= 0.6 is 0 Å². The Bertz CT molecular complexity index is 366. The van der Waals surface area contributed by atoms with Crippen molar-refractivity contribution in [3.63, 3.8) is 0 Å². The van der Waals surface area contributed by atoms with Crippen LogP contribution in [0.3, 0.4) is 0 Å². The monoisotopic (exact) mass is 239 g/mol. The summed E-state index contributed by atoms with van der Waals surface area (Å²) in [7, 11) is 0. The van der Waals surface area contributed by atoms with Crippen LogP contribution < -0.4 is 0 Å². The van der Waals surface area contributed by atoms with Gasteiger partial charge in [-0.25, -0.2) is 0 Å². The largest absolute Gasteiger partial charge is 0.394 e. The number of ether oxygens (including phenoxy) is 1. The molecule has 0 aliphatic carbocycles. The predicted octanol–water partition coefficient (Wildman–Crippen LogP) is -0.440. The van der Waals surface area contributed by atoms with E-state index in [4.69, 9.17) is 9.84 Å². The summed E-state index contributed by atoms with van der Waals surface area (Å²) < 4.78 is 5.39. The summed E-state index contributed by atoms with van der Waals surface area (Å²) in [5.74, 6) is 0.0310. The zero-order chi connectivity index (χ0) is 12.3. The first-order valence-corrected chi connectivity index (χ1v) is 5.71. The molecule has 2 N–H and O–H groups in total. The normalized spacial score (nSPS) is 24.9. The number of carbonyl (C=O) groups is 1. The van der Waals surface area contributed by atoms with Gasteiger partial charge in [0.15, 0.2) is 0 Å². The van der Waals surface area contributed by atoms with E-state index in [1.165, 1.54) is 0 Å². The summed E-state index contributed by atoms with van der Waals surface area (Å²) in [6.07, 6.45) is 1.67. The molecule has 1 aromatic rings. The molecule has 1 aliphatic heterocycles. The number of rotatable bonds is 3. The Labute approximate surface area is 99.6 Å². The number of hydrogen-bond acceptors (Lipinski definition) is 4. The van der Waals surface area contributed by atoms with E-state index in [0.29, 0.717) is 19.6 Å². The van der Waals surface area contributed by atoms with E-state index in [9.17, 15) is 4.79 Å². The molecule has 94 valence electrons. The van der Waals surface area contributed by atoms with Gasteiger partial charge < -0.3 is 14.7 Å². The molecule has 1 amide bonds. The third-order valence-corrected chi connectivity index (χ3v) is 2.93. The van der Waals surface area contributed by atoms with Gasteiger partial charge in [-0.05, 0) is 13.0 Å². The molecule has 1 aliphatic rings. The van der Waals surface area contributed by atoms with Crippen molar-refractivity contribution >= 4 is 5.91 Å². The first-order chi connectivity index (χ1) is 8.20. The van der Waals surface area contributed by atoms with Gasteiger partial charge in [0.25, 0.3) is 0 Å². The first-order valence-electron chi connectivity index (χ1n) is 5.71. The maximum atomic E-state index is 12.1. The maximum absolute atomic E-state index is 12.1. The molecule has 2 rings (SSSR count). The minimum absolute atomic E-state index is 0.0310. The molecular formula is C11H17N3O3. The summed E-state index contributed by atoms with van der Waals surface area (Å²) >= 11 is 0. The van der Waals surface area contributed by atoms with E-state index in [-0.39, 0.29) is 24.7 Å². The third kappa shape index (κ3) is 2.83. The Balaban J connectivity index is 1.97. The SMILES string of the molecule is CC1COC(CO)CN1C(=O)Cc1ccn[nH]1. The lowest BCUT2D eigenvalue weighted by Crippen LogP contribution is -2.52. The standard InChI is InChI=1S/C11H17N3O3/c1-8-7-17-10(6-15)5-14(8)11(16)4-9-2-3-12-13-9/h2-3,8,10,15H,4-7H2,1H3,(H,12,13). The molecule has 1 saturated heterocycles. The summed E-state index contributed by atoms with van der Waals surface area (Å²) in [4.78, 5) is 13.8. The average molecular weight is 239 g/mol. The summed E-state index contributed by atoms with van der Waals surface area (Å²) in [6, 6.07) is 1.83. The highest BCUT2D eigenvalue weighted by molar-refractivity contribution is 5.78. The minimum atomic E-state index is -0.267. The Morgan fingerprint density at radius 1 is 1.76 bits per heavy atom. The van der Waals surface area contributed by atoms with E-state index >= 15 is 0 Å². The number of aliphatic hydroxyl groups is 1. The minimum Gasteiger partial charge on any atom is -0.394 e. The lowest BCUT2D eigenvalue weighted by molar-refractivity contribution is -0.145. The number of aliphatic hydroxyl groups excluding tert-OH is 1. The second-order valence-electron chi connectivity index (χ2n) is 4.29. The van der Waals surface area contributed by atoms with Crippen LogP contribution in [0.15, 0.2) is 12.3 Å². The Morgan fingerprint density at radius 3 is 3.24 bits per heavy atom. The number of H-pyrrole nitrogens is 1. The highest BCUT2D eigenvalue weighted by Crippen LogP contribution is 2.13. The first kappa shape index (κ1) is 12.1. The lowest BCUT2D eigenvalue weighted by atomic mass is 10.1. The number of carbonyl (C=O) groups excluding carboxylic acids is 1. The van der Waals surface area contributed by atoms with Crippen LogP contribution in [0.2, 0.25) is 0 Å². The molecule has 6 nitrogen and oxygen atoms in total. The molecule has 17 heavy (non-hydrogen) atoms. The molecule has 1 aromatic heterocycles. The van der Waals surface area contributed by atoms with Crippen LogP contribution in [-0.2, 0) is 16.0 Å². The second-order valence-corrected chi connectivity index (χ2v) is 4.29. The number of aromatic amines is 1. The zero-order valence-corrected chi connectivity index (χ0v) is 9.80. The number of aromatic nitrogens is 2. The van der Waals surface area contributed by atoms with Gasteiger partial charge in [0.05, 0.1) is 31.8 Å². The van der Waals surface area contributed by atoms with Gasteiger partial charge in [0.1, 0.15) is 0 Å². The predicted molar refractivity (Wildman–Crippen MR) is 60.3 cm³/mol. The molecule has 0 saturated carbocycles.